The third-order valence-corrected chi connectivity index (χ3v) is 3.67. The van der Waals surface area contributed by atoms with Gasteiger partial charge in [0.2, 0.25) is 0 Å². The Balaban J connectivity index is 1.94. The number of methoxy groups -OCH3 is 1. The number of fused-ring (bicyclic) bond motifs is 1. The predicted octanol–water partition coefficient (Wildman–Crippen LogP) is 0.910. The summed E-state index contributed by atoms with van der Waals surface area (Å²) in [7, 11) is 1.63. The molecule has 1 heterocycles. The Morgan fingerprint density at radius 3 is 2.91 bits per heavy atom. The molecular weight excluding hydrogens is 286 g/mol. The van der Waals surface area contributed by atoms with Crippen molar-refractivity contribution in [2.24, 2.45) is 0 Å². The maximum atomic E-state index is 12.1. The SMILES string of the molecule is COCCCNC(=O)N1CCc2cc(C(=O)NO)ccc2C1. The molecule has 0 saturated heterocycles. The zero-order chi connectivity index (χ0) is 15.9. The number of urea groups is 1. The maximum Gasteiger partial charge on any atom is 0.317 e. The van der Waals surface area contributed by atoms with Crippen LogP contribution >= 0.6 is 0 Å². The Bertz CT molecular complexity index is 548. The van der Waals surface area contributed by atoms with Crippen LogP contribution in [0.15, 0.2) is 18.2 Å². The number of hydrogen-bond donors (Lipinski definition) is 3. The van der Waals surface area contributed by atoms with Crippen LogP contribution in [0, 0.1) is 0 Å². The molecule has 0 aliphatic carbocycles. The van der Waals surface area contributed by atoms with Crippen LogP contribution in [-0.2, 0) is 17.7 Å². The van der Waals surface area contributed by atoms with Crippen LogP contribution in [0.3, 0.4) is 0 Å². The van der Waals surface area contributed by atoms with Gasteiger partial charge in [-0.15, -0.1) is 0 Å². The summed E-state index contributed by atoms with van der Waals surface area (Å²) in [5.41, 5.74) is 4.09. The molecule has 7 nitrogen and oxygen atoms in total. The molecule has 0 bridgehead atoms. The topological polar surface area (TPSA) is 90.9 Å². The van der Waals surface area contributed by atoms with E-state index in [9.17, 15) is 9.59 Å². The summed E-state index contributed by atoms with van der Waals surface area (Å²) >= 11 is 0. The fraction of sp³-hybridized carbons (Fsp3) is 0.467. The monoisotopic (exact) mass is 307 g/mol. The molecule has 0 aromatic heterocycles. The molecule has 120 valence electrons. The van der Waals surface area contributed by atoms with Crippen LogP contribution in [0.5, 0.6) is 0 Å². The molecule has 0 spiro atoms. The van der Waals surface area contributed by atoms with Gasteiger partial charge in [-0.25, -0.2) is 10.3 Å². The van der Waals surface area contributed by atoms with Crippen LogP contribution in [0.4, 0.5) is 4.79 Å². The first kappa shape index (κ1) is 16.3. The van der Waals surface area contributed by atoms with Gasteiger partial charge in [-0.3, -0.25) is 10.0 Å². The molecule has 2 rings (SSSR count). The second-order valence-electron chi connectivity index (χ2n) is 5.17. The number of nitrogens with one attached hydrogen (secondary N) is 2. The average Bonchev–Trinajstić information content (AvgIpc) is 2.56. The van der Waals surface area contributed by atoms with Gasteiger partial charge in [0.1, 0.15) is 0 Å². The number of carbonyl (C=O) groups is 2. The smallest absolute Gasteiger partial charge is 0.317 e. The highest BCUT2D eigenvalue weighted by atomic mass is 16.5. The lowest BCUT2D eigenvalue weighted by molar-refractivity contribution is 0.0706. The molecule has 0 atom stereocenters. The molecular formula is C15H21N3O4. The lowest BCUT2D eigenvalue weighted by Gasteiger charge is -2.29. The minimum Gasteiger partial charge on any atom is -0.385 e. The summed E-state index contributed by atoms with van der Waals surface area (Å²) in [6.45, 7) is 2.34. The number of carbonyl (C=O) groups excluding carboxylic acids is 2. The van der Waals surface area contributed by atoms with Crippen LogP contribution in [0.2, 0.25) is 0 Å². The van der Waals surface area contributed by atoms with E-state index < -0.39 is 5.91 Å². The third-order valence-electron chi connectivity index (χ3n) is 3.67. The van der Waals surface area contributed by atoms with Gasteiger partial charge >= 0.3 is 6.03 Å². The normalized spacial score (nSPS) is 13.5. The van der Waals surface area contributed by atoms with Gasteiger partial charge in [0.15, 0.2) is 0 Å². The summed E-state index contributed by atoms with van der Waals surface area (Å²) in [4.78, 5) is 25.2. The van der Waals surface area contributed by atoms with E-state index in [0.29, 0.717) is 38.2 Å². The fourth-order valence-electron chi connectivity index (χ4n) is 2.46. The molecule has 3 N–H and O–H groups in total. The number of hydrogen-bond acceptors (Lipinski definition) is 4. The molecule has 7 heteroatoms. The van der Waals surface area contributed by atoms with Gasteiger partial charge < -0.3 is 15.0 Å². The molecule has 1 aliphatic rings. The van der Waals surface area contributed by atoms with Gasteiger partial charge in [0.05, 0.1) is 0 Å². The number of ether oxygens (including phenoxy) is 1. The van der Waals surface area contributed by atoms with Crippen molar-refractivity contribution in [1.82, 2.24) is 15.7 Å². The molecule has 0 unspecified atom stereocenters. The molecule has 0 radical (unpaired) electrons. The van der Waals surface area contributed by atoms with E-state index in [1.165, 1.54) is 0 Å². The summed E-state index contributed by atoms with van der Waals surface area (Å²) in [5.74, 6) is -0.527. The quantitative estimate of drug-likeness (QED) is 0.428. The van der Waals surface area contributed by atoms with E-state index >= 15 is 0 Å². The highest BCUT2D eigenvalue weighted by Crippen LogP contribution is 2.20. The number of amides is 3. The molecule has 1 aromatic rings. The van der Waals surface area contributed by atoms with Gasteiger partial charge in [0, 0.05) is 38.9 Å². The Morgan fingerprint density at radius 2 is 2.18 bits per heavy atom. The van der Waals surface area contributed by atoms with Crippen LogP contribution in [0.25, 0.3) is 0 Å². The first-order chi connectivity index (χ1) is 10.7. The Labute approximate surface area is 129 Å². The summed E-state index contributed by atoms with van der Waals surface area (Å²) in [6.07, 6.45) is 1.47. The molecule has 1 aliphatic heterocycles. The van der Waals surface area contributed by atoms with Gasteiger partial charge in [0.25, 0.3) is 5.91 Å². The average molecular weight is 307 g/mol. The predicted molar refractivity (Wildman–Crippen MR) is 79.7 cm³/mol. The first-order valence-corrected chi connectivity index (χ1v) is 7.23. The Hall–Kier alpha value is -2.12. The summed E-state index contributed by atoms with van der Waals surface area (Å²) < 4.78 is 4.94. The van der Waals surface area contributed by atoms with Gasteiger partial charge in [-0.1, -0.05) is 6.07 Å². The van der Waals surface area contributed by atoms with E-state index in [-0.39, 0.29) is 6.03 Å². The van der Waals surface area contributed by atoms with E-state index in [1.807, 2.05) is 6.07 Å². The van der Waals surface area contributed by atoms with Crippen LogP contribution < -0.4 is 10.8 Å². The third kappa shape index (κ3) is 3.96. The van der Waals surface area contributed by atoms with Crippen molar-refractivity contribution in [3.63, 3.8) is 0 Å². The molecule has 22 heavy (non-hydrogen) atoms. The van der Waals surface area contributed by atoms with E-state index in [1.54, 1.807) is 29.6 Å². The van der Waals surface area contributed by atoms with Crippen molar-refractivity contribution in [1.29, 1.82) is 0 Å². The van der Waals surface area contributed by atoms with Crippen LogP contribution in [0.1, 0.15) is 27.9 Å². The zero-order valence-electron chi connectivity index (χ0n) is 12.6. The number of benzene rings is 1. The largest absolute Gasteiger partial charge is 0.385 e. The summed E-state index contributed by atoms with van der Waals surface area (Å²) in [5, 5.41) is 11.5. The van der Waals surface area contributed by atoms with Crippen molar-refractivity contribution in [3.8, 4) is 0 Å². The van der Waals surface area contributed by atoms with E-state index in [0.717, 1.165) is 17.5 Å². The second-order valence-corrected chi connectivity index (χ2v) is 5.17. The summed E-state index contributed by atoms with van der Waals surface area (Å²) in [6, 6.07) is 5.14. The number of rotatable bonds is 5. The maximum absolute atomic E-state index is 12.1. The standard InChI is InChI=1S/C15H21N3O4/c1-22-8-2-6-16-15(20)18-7-5-11-9-12(14(19)17-21)3-4-13(11)10-18/h3-4,9,21H,2,5-8,10H2,1H3,(H,16,20)(H,17,19). The lowest BCUT2D eigenvalue weighted by atomic mass is 9.97. The van der Waals surface area contributed by atoms with Crippen molar-refractivity contribution >= 4 is 11.9 Å². The molecule has 0 fully saturated rings. The molecule has 1 aromatic carbocycles. The molecule has 0 saturated carbocycles. The van der Waals surface area contributed by atoms with Crippen LogP contribution in [-0.4, -0.2) is 48.9 Å². The highest BCUT2D eigenvalue weighted by molar-refractivity contribution is 5.93. The van der Waals surface area contributed by atoms with E-state index in [2.05, 4.69) is 5.32 Å². The van der Waals surface area contributed by atoms with Crippen molar-refractivity contribution < 1.29 is 19.5 Å². The minimum atomic E-state index is -0.527. The van der Waals surface area contributed by atoms with E-state index in [4.69, 9.17) is 9.94 Å². The Morgan fingerprint density at radius 1 is 1.36 bits per heavy atom. The van der Waals surface area contributed by atoms with Gasteiger partial charge in [-0.2, -0.15) is 0 Å². The highest BCUT2D eigenvalue weighted by Gasteiger charge is 2.21. The van der Waals surface area contributed by atoms with Gasteiger partial charge in [-0.05, 0) is 36.1 Å². The minimum absolute atomic E-state index is 0.0843. The number of hydroxylamine groups is 1. The zero-order valence-corrected chi connectivity index (χ0v) is 12.6. The number of nitrogens with zero attached hydrogens (tertiary/aromatic N) is 1. The second kappa shape index (κ2) is 7.77. The van der Waals surface area contributed by atoms with Crippen molar-refractivity contribution in [3.05, 3.63) is 34.9 Å². The first-order valence-electron chi connectivity index (χ1n) is 7.23. The molecule has 3 amide bonds. The van der Waals surface area contributed by atoms with Crippen molar-refractivity contribution in [2.45, 2.75) is 19.4 Å². The van der Waals surface area contributed by atoms with Crippen molar-refractivity contribution in [2.75, 3.05) is 26.8 Å². The fourth-order valence-corrected chi connectivity index (χ4v) is 2.46. The Kier molecular flexibility index (Phi) is 5.74. The lowest BCUT2D eigenvalue weighted by Crippen LogP contribution is -2.43.